The van der Waals surface area contributed by atoms with Crippen molar-refractivity contribution in [1.82, 2.24) is 15.0 Å². The van der Waals surface area contributed by atoms with E-state index in [0.717, 1.165) is 5.39 Å². The molecule has 0 fully saturated rings. The van der Waals surface area contributed by atoms with Crippen molar-refractivity contribution in [2.45, 2.75) is 0 Å². The molecule has 3 aromatic rings. The van der Waals surface area contributed by atoms with Crippen molar-refractivity contribution in [1.29, 1.82) is 0 Å². The number of hydrogen-bond donors (Lipinski definition) is 2. The maximum Gasteiger partial charge on any atom is 0.326 e. The Hall–Kier alpha value is -2.43. The first-order valence-electron chi connectivity index (χ1n) is 4.76. The van der Waals surface area contributed by atoms with Crippen molar-refractivity contribution in [2.24, 2.45) is 0 Å². The smallest absolute Gasteiger partial charge is 0.307 e. The maximum absolute atomic E-state index is 11.7. The third kappa shape index (κ3) is 1.15. The molecular formula is C11H7N3O2. The van der Waals surface area contributed by atoms with Crippen LogP contribution in [0.2, 0.25) is 0 Å². The standard InChI is InChI=1S/C11H7N3O2/c15-10-8-7(13-11(16)14-10)4-3-6-2-1-5-12-9(6)8/h1-5H,(H2,13,14,15,16). The lowest BCUT2D eigenvalue weighted by atomic mass is 10.1. The summed E-state index contributed by atoms with van der Waals surface area (Å²) in [6, 6.07) is 7.19. The SMILES string of the molecule is O=c1[nH]c(=O)c2c(ccc3cccnc32)[nH]1. The van der Waals surface area contributed by atoms with Crippen molar-refractivity contribution in [3.63, 3.8) is 0 Å². The molecule has 2 heterocycles. The fraction of sp³-hybridized carbons (Fsp3) is 0. The monoisotopic (exact) mass is 213 g/mol. The van der Waals surface area contributed by atoms with Gasteiger partial charge >= 0.3 is 5.69 Å². The minimum absolute atomic E-state index is 0.414. The average Bonchev–Trinajstić information content (AvgIpc) is 2.28. The first-order chi connectivity index (χ1) is 7.75. The summed E-state index contributed by atoms with van der Waals surface area (Å²) in [5.41, 5.74) is 0.174. The second-order valence-electron chi connectivity index (χ2n) is 3.47. The highest BCUT2D eigenvalue weighted by Gasteiger charge is 2.05. The molecule has 2 N–H and O–H groups in total. The fourth-order valence-electron chi connectivity index (χ4n) is 1.80. The number of nitrogens with zero attached hydrogens (tertiary/aromatic N) is 1. The lowest BCUT2D eigenvalue weighted by Gasteiger charge is -2.00. The predicted molar refractivity (Wildman–Crippen MR) is 60.5 cm³/mol. The van der Waals surface area contributed by atoms with E-state index in [-0.39, 0.29) is 0 Å². The van der Waals surface area contributed by atoms with Crippen LogP contribution in [-0.4, -0.2) is 15.0 Å². The van der Waals surface area contributed by atoms with Crippen LogP contribution < -0.4 is 11.2 Å². The van der Waals surface area contributed by atoms with Crippen LogP contribution in [0.3, 0.4) is 0 Å². The number of hydrogen-bond acceptors (Lipinski definition) is 3. The third-order valence-electron chi connectivity index (χ3n) is 2.48. The minimum atomic E-state index is -0.507. The number of pyridine rings is 1. The van der Waals surface area contributed by atoms with Gasteiger partial charge in [0, 0.05) is 11.6 Å². The molecule has 3 rings (SSSR count). The van der Waals surface area contributed by atoms with Crippen molar-refractivity contribution in [2.75, 3.05) is 0 Å². The van der Waals surface area contributed by atoms with Gasteiger partial charge < -0.3 is 4.98 Å². The summed E-state index contributed by atoms with van der Waals surface area (Å²) in [5.74, 6) is 0. The number of aromatic nitrogens is 3. The normalized spacial score (nSPS) is 11.0. The second kappa shape index (κ2) is 3.03. The van der Waals surface area contributed by atoms with Gasteiger partial charge in [-0.25, -0.2) is 4.79 Å². The lowest BCUT2D eigenvalue weighted by Crippen LogP contribution is -2.22. The van der Waals surface area contributed by atoms with Gasteiger partial charge in [0.05, 0.1) is 16.4 Å². The Morgan fingerprint density at radius 1 is 1.06 bits per heavy atom. The molecule has 78 valence electrons. The molecule has 0 saturated heterocycles. The average molecular weight is 213 g/mol. The molecule has 0 saturated carbocycles. The Bertz CT molecular complexity index is 801. The Morgan fingerprint density at radius 2 is 1.94 bits per heavy atom. The number of benzene rings is 1. The van der Waals surface area contributed by atoms with Crippen LogP contribution in [0.25, 0.3) is 21.8 Å². The molecule has 0 aliphatic heterocycles. The minimum Gasteiger partial charge on any atom is -0.307 e. The number of fused-ring (bicyclic) bond motifs is 3. The van der Waals surface area contributed by atoms with Crippen molar-refractivity contribution in [3.8, 4) is 0 Å². The third-order valence-corrected chi connectivity index (χ3v) is 2.48. The molecule has 2 aromatic heterocycles. The van der Waals surface area contributed by atoms with Gasteiger partial charge in [-0.05, 0) is 12.1 Å². The van der Waals surface area contributed by atoms with Gasteiger partial charge in [-0.15, -0.1) is 0 Å². The largest absolute Gasteiger partial charge is 0.326 e. The lowest BCUT2D eigenvalue weighted by molar-refractivity contribution is 1.08. The highest BCUT2D eigenvalue weighted by molar-refractivity contribution is 6.02. The van der Waals surface area contributed by atoms with Crippen molar-refractivity contribution in [3.05, 3.63) is 51.3 Å². The summed E-state index contributed by atoms with van der Waals surface area (Å²) in [5, 5.41) is 1.28. The van der Waals surface area contributed by atoms with Crippen LogP contribution in [0.1, 0.15) is 0 Å². The summed E-state index contributed by atoms with van der Waals surface area (Å²) in [4.78, 5) is 31.7. The summed E-state index contributed by atoms with van der Waals surface area (Å²) < 4.78 is 0. The molecule has 0 aliphatic carbocycles. The van der Waals surface area contributed by atoms with Crippen LogP contribution in [0.4, 0.5) is 0 Å². The topological polar surface area (TPSA) is 78.6 Å². The van der Waals surface area contributed by atoms with E-state index in [0.29, 0.717) is 16.4 Å². The number of aromatic amines is 2. The van der Waals surface area contributed by atoms with Gasteiger partial charge in [0.25, 0.3) is 5.56 Å². The molecule has 16 heavy (non-hydrogen) atoms. The zero-order valence-electron chi connectivity index (χ0n) is 8.15. The van der Waals surface area contributed by atoms with Crippen LogP contribution in [-0.2, 0) is 0 Å². The molecule has 0 unspecified atom stereocenters. The van der Waals surface area contributed by atoms with Crippen LogP contribution in [0.5, 0.6) is 0 Å². The molecule has 0 radical (unpaired) electrons. The molecule has 5 nitrogen and oxygen atoms in total. The molecule has 0 spiro atoms. The Labute approximate surface area is 88.8 Å². The van der Waals surface area contributed by atoms with Crippen LogP contribution in [0, 0.1) is 0 Å². The van der Waals surface area contributed by atoms with Gasteiger partial charge in [-0.1, -0.05) is 12.1 Å². The Morgan fingerprint density at radius 3 is 2.81 bits per heavy atom. The maximum atomic E-state index is 11.7. The highest BCUT2D eigenvalue weighted by atomic mass is 16.2. The van der Waals surface area contributed by atoms with Crippen molar-refractivity contribution >= 4 is 21.8 Å². The highest BCUT2D eigenvalue weighted by Crippen LogP contribution is 2.17. The van der Waals surface area contributed by atoms with E-state index in [4.69, 9.17) is 0 Å². The zero-order valence-corrected chi connectivity index (χ0v) is 8.15. The van der Waals surface area contributed by atoms with Crippen molar-refractivity contribution < 1.29 is 0 Å². The zero-order chi connectivity index (χ0) is 11.1. The molecule has 0 atom stereocenters. The number of H-pyrrole nitrogens is 2. The quantitative estimate of drug-likeness (QED) is 0.541. The first-order valence-corrected chi connectivity index (χ1v) is 4.76. The van der Waals surface area contributed by atoms with Gasteiger partial charge in [0.1, 0.15) is 0 Å². The van der Waals surface area contributed by atoms with Gasteiger partial charge in [-0.2, -0.15) is 0 Å². The van der Waals surface area contributed by atoms with E-state index >= 15 is 0 Å². The van der Waals surface area contributed by atoms with Gasteiger partial charge in [-0.3, -0.25) is 14.8 Å². The second-order valence-corrected chi connectivity index (χ2v) is 3.47. The Balaban J connectivity index is 2.71. The molecule has 0 bridgehead atoms. The summed E-state index contributed by atoms with van der Waals surface area (Å²) in [6.07, 6.45) is 1.62. The molecule has 0 aliphatic rings. The van der Waals surface area contributed by atoms with Gasteiger partial charge in [0.2, 0.25) is 0 Å². The Kier molecular flexibility index (Phi) is 1.67. The van der Waals surface area contributed by atoms with E-state index in [9.17, 15) is 9.59 Å². The van der Waals surface area contributed by atoms with Gasteiger partial charge in [0.15, 0.2) is 0 Å². The van der Waals surface area contributed by atoms with Crippen LogP contribution in [0.15, 0.2) is 40.1 Å². The summed E-state index contributed by atoms with van der Waals surface area (Å²) in [6.45, 7) is 0. The van der Waals surface area contributed by atoms with E-state index in [1.54, 1.807) is 18.3 Å². The number of rotatable bonds is 0. The summed E-state index contributed by atoms with van der Waals surface area (Å²) >= 11 is 0. The fourth-order valence-corrected chi connectivity index (χ4v) is 1.80. The van der Waals surface area contributed by atoms with E-state index in [1.807, 2.05) is 12.1 Å². The molecule has 5 heteroatoms. The van der Waals surface area contributed by atoms with Crippen LogP contribution >= 0.6 is 0 Å². The molecular weight excluding hydrogens is 206 g/mol. The predicted octanol–water partition coefficient (Wildman–Crippen LogP) is 0.765. The molecule has 0 amide bonds. The molecule has 1 aromatic carbocycles. The first kappa shape index (κ1) is 8.84. The number of nitrogens with one attached hydrogen (secondary N) is 2. The summed E-state index contributed by atoms with van der Waals surface area (Å²) in [7, 11) is 0. The van der Waals surface area contributed by atoms with E-state index in [2.05, 4.69) is 15.0 Å². The van der Waals surface area contributed by atoms with E-state index < -0.39 is 11.2 Å². The van der Waals surface area contributed by atoms with E-state index in [1.165, 1.54) is 0 Å².